The van der Waals surface area contributed by atoms with Gasteiger partial charge in [0.25, 0.3) is 0 Å². The van der Waals surface area contributed by atoms with Crippen molar-refractivity contribution in [1.82, 2.24) is 14.8 Å². The molecule has 96 valence electrons. The highest BCUT2D eigenvalue weighted by Crippen LogP contribution is 2.26. The van der Waals surface area contributed by atoms with Crippen LogP contribution in [0.25, 0.3) is 0 Å². The van der Waals surface area contributed by atoms with Crippen LogP contribution in [0.4, 0.5) is 4.39 Å². The van der Waals surface area contributed by atoms with E-state index < -0.39 is 0 Å². The topological polar surface area (TPSA) is 39.9 Å². The quantitative estimate of drug-likeness (QED) is 0.863. The van der Waals surface area contributed by atoms with Gasteiger partial charge in [-0.1, -0.05) is 0 Å². The monoisotopic (exact) mass is 313 g/mol. The van der Waals surface area contributed by atoms with Gasteiger partial charge < -0.3 is 4.74 Å². The van der Waals surface area contributed by atoms with Crippen LogP contribution >= 0.6 is 15.9 Å². The summed E-state index contributed by atoms with van der Waals surface area (Å²) in [6, 6.07) is 4.86. The smallest absolute Gasteiger partial charge is 0.321 e. The number of aryl methyl sites for hydroxylation is 1. The van der Waals surface area contributed by atoms with E-state index in [1.807, 2.05) is 13.8 Å². The van der Waals surface area contributed by atoms with Crippen LogP contribution in [0.15, 0.2) is 22.9 Å². The Morgan fingerprint density at radius 3 is 2.72 bits per heavy atom. The Labute approximate surface area is 113 Å². The summed E-state index contributed by atoms with van der Waals surface area (Å²) in [4.78, 5) is 4.14. The van der Waals surface area contributed by atoms with Crippen molar-refractivity contribution in [3.05, 3.63) is 34.3 Å². The maximum atomic E-state index is 13.0. The van der Waals surface area contributed by atoms with E-state index in [1.165, 1.54) is 12.1 Å². The third-order valence-corrected chi connectivity index (χ3v) is 2.74. The van der Waals surface area contributed by atoms with Crippen LogP contribution in [0.3, 0.4) is 0 Å². The third kappa shape index (κ3) is 2.69. The summed E-state index contributed by atoms with van der Waals surface area (Å²) < 4.78 is 20.8. The first-order chi connectivity index (χ1) is 8.47. The first-order valence-electron chi connectivity index (χ1n) is 5.53. The summed E-state index contributed by atoms with van der Waals surface area (Å²) in [6.45, 7) is 5.74. The van der Waals surface area contributed by atoms with Crippen LogP contribution in [-0.4, -0.2) is 14.8 Å². The number of nitrogens with zero attached hydrogens (tertiary/aromatic N) is 3. The second-order valence-corrected chi connectivity index (χ2v) is 4.92. The van der Waals surface area contributed by atoms with Crippen molar-refractivity contribution in [2.45, 2.75) is 26.8 Å². The highest BCUT2D eigenvalue weighted by Gasteiger charge is 2.14. The van der Waals surface area contributed by atoms with E-state index in [1.54, 1.807) is 17.7 Å². The Morgan fingerprint density at radius 2 is 2.11 bits per heavy atom. The van der Waals surface area contributed by atoms with Gasteiger partial charge in [-0.05, 0) is 60.5 Å². The molecule has 0 fully saturated rings. The molecule has 1 aromatic heterocycles. The molecule has 1 aromatic carbocycles. The molecule has 0 aliphatic heterocycles. The van der Waals surface area contributed by atoms with Crippen molar-refractivity contribution >= 4 is 15.9 Å². The standard InChI is InChI=1S/C12H13BrFN3O/c1-7(2)17-12(15-11(13)16-17)18-10-5-4-9(14)6-8(10)3/h4-7H,1-3H3. The fraction of sp³-hybridized carbons (Fsp3) is 0.333. The Kier molecular flexibility index (Phi) is 3.65. The summed E-state index contributed by atoms with van der Waals surface area (Å²) in [5.74, 6) is 0.282. The molecule has 0 spiro atoms. The lowest BCUT2D eigenvalue weighted by Gasteiger charge is -2.11. The van der Waals surface area contributed by atoms with Gasteiger partial charge in [0, 0.05) is 0 Å². The van der Waals surface area contributed by atoms with Gasteiger partial charge in [0.15, 0.2) is 0 Å². The summed E-state index contributed by atoms with van der Waals surface area (Å²) in [7, 11) is 0. The minimum atomic E-state index is -0.286. The van der Waals surface area contributed by atoms with Crippen LogP contribution in [0.2, 0.25) is 0 Å². The van der Waals surface area contributed by atoms with Gasteiger partial charge in [-0.2, -0.15) is 4.98 Å². The van der Waals surface area contributed by atoms with Crippen LogP contribution < -0.4 is 4.74 Å². The second-order valence-electron chi connectivity index (χ2n) is 4.21. The lowest BCUT2D eigenvalue weighted by atomic mass is 10.2. The van der Waals surface area contributed by atoms with E-state index in [9.17, 15) is 4.39 Å². The molecule has 18 heavy (non-hydrogen) atoms. The maximum Gasteiger partial charge on any atom is 0.321 e. The van der Waals surface area contributed by atoms with Crippen LogP contribution in [-0.2, 0) is 0 Å². The first kappa shape index (κ1) is 13.0. The lowest BCUT2D eigenvalue weighted by molar-refractivity contribution is 0.374. The maximum absolute atomic E-state index is 13.0. The molecule has 0 amide bonds. The Hall–Kier alpha value is -1.43. The molecule has 6 heteroatoms. The molecule has 4 nitrogen and oxygen atoms in total. The van der Waals surface area contributed by atoms with E-state index in [0.29, 0.717) is 22.1 Å². The summed E-state index contributed by atoms with van der Waals surface area (Å²) in [6.07, 6.45) is 0. The van der Waals surface area contributed by atoms with Crippen LogP contribution in [0.1, 0.15) is 25.5 Å². The zero-order valence-electron chi connectivity index (χ0n) is 10.3. The van der Waals surface area contributed by atoms with E-state index >= 15 is 0 Å². The Bertz CT molecular complexity index is 568. The van der Waals surface area contributed by atoms with Crippen molar-refractivity contribution in [2.75, 3.05) is 0 Å². The zero-order chi connectivity index (χ0) is 13.3. The van der Waals surface area contributed by atoms with Gasteiger partial charge in [0.2, 0.25) is 4.73 Å². The average Bonchev–Trinajstić information content (AvgIpc) is 2.64. The van der Waals surface area contributed by atoms with E-state index in [2.05, 4.69) is 26.0 Å². The molecule has 0 atom stereocenters. The fourth-order valence-corrected chi connectivity index (χ4v) is 1.84. The highest BCUT2D eigenvalue weighted by atomic mass is 79.9. The zero-order valence-corrected chi connectivity index (χ0v) is 11.9. The number of rotatable bonds is 3. The van der Waals surface area contributed by atoms with Crippen LogP contribution in [0.5, 0.6) is 11.8 Å². The number of benzene rings is 1. The Morgan fingerprint density at radius 1 is 1.39 bits per heavy atom. The summed E-state index contributed by atoms with van der Waals surface area (Å²) >= 11 is 3.21. The minimum absolute atomic E-state index is 0.125. The van der Waals surface area contributed by atoms with Crippen molar-refractivity contribution in [3.63, 3.8) is 0 Å². The Balaban J connectivity index is 2.33. The molecule has 0 aliphatic rings. The summed E-state index contributed by atoms with van der Waals surface area (Å²) in [5, 5.41) is 4.18. The number of hydrogen-bond acceptors (Lipinski definition) is 3. The number of halogens is 2. The summed E-state index contributed by atoms with van der Waals surface area (Å²) in [5.41, 5.74) is 0.712. The molecule has 0 radical (unpaired) electrons. The highest BCUT2D eigenvalue weighted by molar-refractivity contribution is 9.10. The van der Waals surface area contributed by atoms with Gasteiger partial charge in [0.05, 0.1) is 6.04 Å². The van der Waals surface area contributed by atoms with Crippen molar-refractivity contribution < 1.29 is 9.13 Å². The van der Waals surface area contributed by atoms with Crippen molar-refractivity contribution in [1.29, 1.82) is 0 Å². The van der Waals surface area contributed by atoms with Gasteiger partial charge >= 0.3 is 6.01 Å². The molecule has 0 saturated heterocycles. The predicted molar refractivity (Wildman–Crippen MR) is 69.3 cm³/mol. The van der Waals surface area contributed by atoms with Gasteiger partial charge in [-0.3, -0.25) is 0 Å². The largest absolute Gasteiger partial charge is 0.424 e. The molecular formula is C12H13BrFN3O. The van der Waals surface area contributed by atoms with Gasteiger partial charge in [-0.15, -0.1) is 5.10 Å². The molecule has 2 aromatic rings. The molecule has 2 rings (SSSR count). The molecule has 0 N–H and O–H groups in total. The van der Waals surface area contributed by atoms with E-state index in [0.717, 1.165) is 0 Å². The molecule has 0 saturated carbocycles. The number of aromatic nitrogens is 3. The first-order valence-corrected chi connectivity index (χ1v) is 6.32. The van der Waals surface area contributed by atoms with Crippen LogP contribution in [0, 0.1) is 12.7 Å². The second kappa shape index (κ2) is 5.06. The predicted octanol–water partition coefficient (Wildman–Crippen LogP) is 3.86. The lowest BCUT2D eigenvalue weighted by Crippen LogP contribution is -2.05. The SMILES string of the molecule is Cc1cc(F)ccc1Oc1nc(Br)nn1C(C)C. The van der Waals surface area contributed by atoms with Crippen molar-refractivity contribution in [2.24, 2.45) is 0 Å². The van der Waals surface area contributed by atoms with E-state index in [4.69, 9.17) is 4.74 Å². The normalized spacial score (nSPS) is 11.0. The van der Waals surface area contributed by atoms with E-state index in [-0.39, 0.29) is 11.9 Å². The minimum Gasteiger partial charge on any atom is -0.424 e. The molecule has 1 heterocycles. The fourth-order valence-electron chi connectivity index (χ4n) is 1.52. The molecule has 0 unspecified atom stereocenters. The average molecular weight is 314 g/mol. The molecule has 0 bridgehead atoms. The number of hydrogen-bond donors (Lipinski definition) is 0. The van der Waals surface area contributed by atoms with Gasteiger partial charge in [0.1, 0.15) is 11.6 Å². The molecule has 0 aliphatic carbocycles. The third-order valence-electron chi connectivity index (χ3n) is 2.40. The molecular weight excluding hydrogens is 301 g/mol. The number of ether oxygens (including phenoxy) is 1. The van der Waals surface area contributed by atoms with Gasteiger partial charge in [-0.25, -0.2) is 9.07 Å². The van der Waals surface area contributed by atoms with Crippen molar-refractivity contribution in [3.8, 4) is 11.8 Å².